The van der Waals surface area contributed by atoms with E-state index in [2.05, 4.69) is 12.1 Å². The van der Waals surface area contributed by atoms with Crippen LogP contribution >= 0.6 is 0 Å². The molecule has 0 bridgehead atoms. The van der Waals surface area contributed by atoms with Gasteiger partial charge in [0.2, 0.25) is 0 Å². The number of phenols is 1. The molecule has 0 radical (unpaired) electrons. The van der Waals surface area contributed by atoms with Crippen LogP contribution in [0.3, 0.4) is 0 Å². The van der Waals surface area contributed by atoms with Crippen molar-refractivity contribution in [2.45, 2.75) is 19.3 Å². The van der Waals surface area contributed by atoms with Gasteiger partial charge in [0.1, 0.15) is 5.56 Å². The third kappa shape index (κ3) is 5.50. The normalized spacial score (nSPS) is 14.2. The number of ether oxygens (including phenoxy) is 2. The lowest BCUT2D eigenvalue weighted by Gasteiger charge is -2.32. The minimum atomic E-state index is -1.06. The van der Waals surface area contributed by atoms with Crippen LogP contribution in [0.1, 0.15) is 28.8 Å². The summed E-state index contributed by atoms with van der Waals surface area (Å²) < 4.78 is 9.83. The number of nitro groups is 1. The average molecular weight is 428 g/mol. The Morgan fingerprint density at radius 2 is 1.87 bits per heavy atom. The van der Waals surface area contributed by atoms with Crippen LogP contribution in [0.2, 0.25) is 0 Å². The summed E-state index contributed by atoms with van der Waals surface area (Å²) in [6.45, 7) is 0.612. The highest BCUT2D eigenvalue weighted by Crippen LogP contribution is 2.34. The summed E-state index contributed by atoms with van der Waals surface area (Å²) in [6.07, 6.45) is 2.67. The summed E-state index contributed by atoms with van der Waals surface area (Å²) in [5, 5.41) is 21.1. The fourth-order valence-electron chi connectivity index (χ4n) is 3.67. The molecule has 0 spiro atoms. The van der Waals surface area contributed by atoms with Crippen molar-refractivity contribution in [1.82, 2.24) is 4.90 Å². The molecule has 2 aromatic rings. The number of nitrogens with zero attached hydrogens (tertiary/aromatic N) is 2. The molecule has 1 heterocycles. The average Bonchev–Trinajstić information content (AvgIpc) is 2.78. The first-order valence-electron chi connectivity index (χ1n) is 9.93. The molecule has 2 aromatic carbocycles. The molecule has 1 saturated heterocycles. The third-order valence-corrected chi connectivity index (χ3v) is 5.37. The maximum atomic E-state index is 12.4. The molecule has 9 nitrogen and oxygen atoms in total. The van der Waals surface area contributed by atoms with Gasteiger partial charge >= 0.3 is 5.97 Å². The van der Waals surface area contributed by atoms with Crippen molar-refractivity contribution < 1.29 is 29.1 Å². The minimum absolute atomic E-state index is 0.141. The van der Waals surface area contributed by atoms with E-state index < -0.39 is 34.5 Å². The maximum Gasteiger partial charge on any atom is 0.345 e. The minimum Gasteiger partial charge on any atom is -0.504 e. The van der Waals surface area contributed by atoms with E-state index in [1.54, 1.807) is 4.90 Å². The molecule has 1 aliphatic rings. The first-order valence-corrected chi connectivity index (χ1v) is 9.93. The SMILES string of the molecule is COc1cc([N+](=O)[O-])c(C(=O)OCC(=O)N2CCC(Cc3ccccc3)CC2)cc1O. The monoisotopic (exact) mass is 428 g/mol. The number of piperidine rings is 1. The van der Waals surface area contributed by atoms with Gasteiger partial charge < -0.3 is 19.5 Å². The van der Waals surface area contributed by atoms with Crippen LogP contribution in [0.15, 0.2) is 42.5 Å². The van der Waals surface area contributed by atoms with Gasteiger partial charge in [0.05, 0.1) is 18.1 Å². The quantitative estimate of drug-likeness (QED) is 0.409. The second-order valence-corrected chi connectivity index (χ2v) is 7.39. The summed E-state index contributed by atoms with van der Waals surface area (Å²) in [4.78, 5) is 36.8. The number of rotatable bonds is 7. The molecule has 0 atom stereocenters. The van der Waals surface area contributed by atoms with Gasteiger partial charge in [0.25, 0.3) is 11.6 Å². The van der Waals surface area contributed by atoms with Crippen molar-refractivity contribution in [2.24, 2.45) is 5.92 Å². The van der Waals surface area contributed by atoms with Gasteiger partial charge in [-0.25, -0.2) is 4.79 Å². The molecule has 1 aliphatic heterocycles. The largest absolute Gasteiger partial charge is 0.504 e. The highest BCUT2D eigenvalue weighted by Gasteiger charge is 2.27. The van der Waals surface area contributed by atoms with Gasteiger partial charge in [0.15, 0.2) is 18.1 Å². The lowest BCUT2D eigenvalue weighted by atomic mass is 9.90. The van der Waals surface area contributed by atoms with Crippen molar-refractivity contribution in [3.8, 4) is 11.5 Å². The molecule has 0 aromatic heterocycles. The van der Waals surface area contributed by atoms with Crippen LogP contribution in [0.4, 0.5) is 5.69 Å². The van der Waals surface area contributed by atoms with E-state index in [9.17, 15) is 24.8 Å². The van der Waals surface area contributed by atoms with Crippen molar-refractivity contribution in [2.75, 3.05) is 26.8 Å². The second-order valence-electron chi connectivity index (χ2n) is 7.39. The van der Waals surface area contributed by atoms with Gasteiger partial charge in [-0.2, -0.15) is 0 Å². The first kappa shape index (κ1) is 22.1. The van der Waals surface area contributed by atoms with E-state index in [1.807, 2.05) is 18.2 Å². The lowest BCUT2D eigenvalue weighted by molar-refractivity contribution is -0.385. The van der Waals surface area contributed by atoms with Crippen LogP contribution in [0.25, 0.3) is 0 Å². The Hall–Kier alpha value is -3.62. The zero-order valence-corrected chi connectivity index (χ0v) is 17.2. The molecule has 1 amide bonds. The van der Waals surface area contributed by atoms with Crippen LogP contribution in [0.5, 0.6) is 11.5 Å². The fraction of sp³-hybridized carbons (Fsp3) is 0.364. The topological polar surface area (TPSA) is 119 Å². The molecular weight excluding hydrogens is 404 g/mol. The zero-order chi connectivity index (χ0) is 22.4. The summed E-state index contributed by atoms with van der Waals surface area (Å²) in [7, 11) is 1.23. The number of amides is 1. The Labute approximate surface area is 179 Å². The molecule has 1 N–H and O–H groups in total. The number of carbonyl (C=O) groups is 2. The summed E-state index contributed by atoms with van der Waals surface area (Å²) in [5.74, 6) is -1.51. The summed E-state index contributed by atoms with van der Waals surface area (Å²) in [6, 6.07) is 12.0. The Morgan fingerprint density at radius 1 is 1.19 bits per heavy atom. The van der Waals surface area contributed by atoms with Crippen molar-refractivity contribution >= 4 is 17.6 Å². The summed E-state index contributed by atoms with van der Waals surface area (Å²) >= 11 is 0. The number of hydrogen-bond acceptors (Lipinski definition) is 7. The molecular formula is C22H24N2O7. The molecule has 9 heteroatoms. The lowest BCUT2D eigenvalue weighted by Crippen LogP contribution is -2.41. The Balaban J connectivity index is 1.54. The van der Waals surface area contributed by atoms with Gasteiger partial charge in [-0.1, -0.05) is 30.3 Å². The van der Waals surface area contributed by atoms with Gasteiger partial charge in [0, 0.05) is 19.2 Å². The number of hydrogen-bond donors (Lipinski definition) is 1. The van der Waals surface area contributed by atoms with Crippen LogP contribution in [-0.4, -0.2) is 53.6 Å². The fourth-order valence-corrected chi connectivity index (χ4v) is 3.67. The van der Waals surface area contributed by atoms with Crippen LogP contribution in [-0.2, 0) is 16.0 Å². The van der Waals surface area contributed by atoms with E-state index in [1.165, 1.54) is 12.7 Å². The van der Waals surface area contributed by atoms with E-state index in [0.29, 0.717) is 19.0 Å². The number of nitro benzene ring substituents is 1. The van der Waals surface area contributed by atoms with E-state index in [4.69, 9.17) is 9.47 Å². The van der Waals surface area contributed by atoms with E-state index in [0.717, 1.165) is 31.4 Å². The highest BCUT2D eigenvalue weighted by atomic mass is 16.6. The standard InChI is InChI=1S/C22H24N2O7/c1-30-20-13-18(24(28)29)17(12-19(20)25)22(27)31-14-21(26)23-9-7-16(8-10-23)11-15-5-3-2-4-6-15/h2-6,12-13,16,25H,7-11,14H2,1H3. The Kier molecular flexibility index (Phi) is 7.07. The molecule has 0 unspecified atom stereocenters. The Bertz CT molecular complexity index is 954. The highest BCUT2D eigenvalue weighted by molar-refractivity contribution is 5.96. The Morgan fingerprint density at radius 3 is 2.48 bits per heavy atom. The number of likely N-dealkylation sites (tertiary alicyclic amines) is 1. The maximum absolute atomic E-state index is 12.4. The smallest absolute Gasteiger partial charge is 0.345 e. The third-order valence-electron chi connectivity index (χ3n) is 5.37. The van der Waals surface area contributed by atoms with Gasteiger partial charge in [-0.15, -0.1) is 0 Å². The number of esters is 1. The molecule has 0 saturated carbocycles. The number of benzene rings is 2. The van der Waals surface area contributed by atoms with Crippen molar-refractivity contribution in [3.63, 3.8) is 0 Å². The van der Waals surface area contributed by atoms with Gasteiger partial charge in [-0.05, 0) is 30.7 Å². The predicted molar refractivity (Wildman–Crippen MR) is 111 cm³/mol. The number of methoxy groups -OCH3 is 1. The first-order chi connectivity index (χ1) is 14.9. The van der Waals surface area contributed by atoms with Crippen LogP contribution < -0.4 is 4.74 Å². The number of aromatic hydroxyl groups is 1. The van der Waals surface area contributed by atoms with E-state index in [-0.39, 0.29) is 11.7 Å². The molecule has 1 fully saturated rings. The van der Waals surface area contributed by atoms with Crippen LogP contribution in [0, 0.1) is 16.0 Å². The number of carbonyl (C=O) groups excluding carboxylic acids is 2. The zero-order valence-electron chi connectivity index (χ0n) is 17.2. The second kappa shape index (κ2) is 9.92. The molecule has 3 rings (SSSR count). The molecule has 0 aliphatic carbocycles. The molecule has 164 valence electrons. The molecule has 31 heavy (non-hydrogen) atoms. The predicted octanol–water partition coefficient (Wildman–Crippen LogP) is 2.95. The van der Waals surface area contributed by atoms with Crippen molar-refractivity contribution in [1.29, 1.82) is 0 Å². The van der Waals surface area contributed by atoms with E-state index >= 15 is 0 Å². The van der Waals surface area contributed by atoms with Crippen molar-refractivity contribution in [3.05, 3.63) is 63.7 Å². The summed E-state index contributed by atoms with van der Waals surface area (Å²) in [5.41, 5.74) is 0.247. The number of phenolic OH excluding ortho intramolecular Hbond substituents is 1. The van der Waals surface area contributed by atoms with Gasteiger partial charge in [-0.3, -0.25) is 14.9 Å².